The van der Waals surface area contributed by atoms with Crippen molar-refractivity contribution in [2.45, 2.75) is 51.7 Å². The van der Waals surface area contributed by atoms with Gasteiger partial charge in [-0.3, -0.25) is 9.69 Å². The highest BCUT2D eigenvalue weighted by atomic mass is 16.5. The van der Waals surface area contributed by atoms with E-state index >= 15 is 0 Å². The fourth-order valence-electron chi connectivity index (χ4n) is 3.16. The minimum atomic E-state index is -0.141. The molecular formula is C17H26N2O3. The van der Waals surface area contributed by atoms with Crippen LogP contribution in [0, 0.1) is 0 Å². The van der Waals surface area contributed by atoms with E-state index in [0.29, 0.717) is 17.8 Å². The van der Waals surface area contributed by atoms with Crippen molar-refractivity contribution in [2.75, 3.05) is 18.5 Å². The van der Waals surface area contributed by atoms with Crippen molar-refractivity contribution in [1.82, 2.24) is 4.90 Å². The fourth-order valence-corrected chi connectivity index (χ4v) is 3.16. The Morgan fingerprint density at radius 3 is 2.45 bits per heavy atom. The second kappa shape index (κ2) is 7.61. The molecule has 0 aliphatic carbocycles. The summed E-state index contributed by atoms with van der Waals surface area (Å²) >= 11 is 0. The molecule has 1 aliphatic heterocycles. The first-order valence-corrected chi connectivity index (χ1v) is 7.95. The van der Waals surface area contributed by atoms with Crippen molar-refractivity contribution in [1.29, 1.82) is 0 Å². The van der Waals surface area contributed by atoms with Gasteiger partial charge in [-0.05, 0) is 57.9 Å². The molecule has 1 aromatic carbocycles. The molecule has 1 aromatic rings. The number of carbonyl (C=O) groups excluding carboxylic acids is 1. The van der Waals surface area contributed by atoms with Crippen LogP contribution in [-0.4, -0.2) is 47.3 Å². The van der Waals surface area contributed by atoms with Crippen LogP contribution in [0.15, 0.2) is 24.3 Å². The third-order valence-corrected chi connectivity index (χ3v) is 4.33. The lowest BCUT2D eigenvalue weighted by molar-refractivity contribution is -0.121. The van der Waals surface area contributed by atoms with Gasteiger partial charge in [-0.2, -0.15) is 0 Å². The van der Waals surface area contributed by atoms with E-state index < -0.39 is 0 Å². The zero-order valence-corrected chi connectivity index (χ0v) is 13.6. The van der Waals surface area contributed by atoms with Gasteiger partial charge >= 0.3 is 0 Å². The molecule has 2 rings (SSSR count). The van der Waals surface area contributed by atoms with Gasteiger partial charge in [0.15, 0.2) is 0 Å². The molecule has 3 unspecified atom stereocenters. The first kappa shape index (κ1) is 16.8. The van der Waals surface area contributed by atoms with Crippen LogP contribution in [0.2, 0.25) is 0 Å². The number of hydrogen-bond donors (Lipinski definition) is 2. The maximum Gasteiger partial charge on any atom is 0.241 e. The quantitative estimate of drug-likeness (QED) is 0.846. The van der Waals surface area contributed by atoms with Crippen LogP contribution in [0.4, 0.5) is 5.69 Å². The third-order valence-electron chi connectivity index (χ3n) is 4.33. The molecule has 5 nitrogen and oxygen atoms in total. The van der Waals surface area contributed by atoms with Crippen LogP contribution in [0.5, 0.6) is 5.75 Å². The van der Waals surface area contributed by atoms with E-state index in [2.05, 4.69) is 24.1 Å². The Kier molecular flexibility index (Phi) is 5.80. The van der Waals surface area contributed by atoms with Gasteiger partial charge in [-0.25, -0.2) is 0 Å². The number of aliphatic hydroxyl groups excluding tert-OH is 1. The van der Waals surface area contributed by atoms with Crippen molar-refractivity contribution in [3.8, 4) is 5.75 Å². The van der Waals surface area contributed by atoms with Gasteiger partial charge in [0.25, 0.3) is 0 Å². The second-order valence-corrected chi connectivity index (χ2v) is 5.98. The van der Waals surface area contributed by atoms with E-state index in [4.69, 9.17) is 9.84 Å². The molecule has 1 fully saturated rings. The first-order valence-electron chi connectivity index (χ1n) is 7.95. The molecule has 0 radical (unpaired) electrons. The predicted molar refractivity (Wildman–Crippen MR) is 87.1 cm³/mol. The number of rotatable bonds is 6. The average Bonchev–Trinajstić information content (AvgIpc) is 2.85. The van der Waals surface area contributed by atoms with Crippen molar-refractivity contribution in [2.24, 2.45) is 0 Å². The van der Waals surface area contributed by atoms with Gasteiger partial charge in [0.1, 0.15) is 12.4 Å². The zero-order chi connectivity index (χ0) is 16.1. The number of nitrogens with one attached hydrogen (secondary N) is 1. The van der Waals surface area contributed by atoms with Crippen molar-refractivity contribution in [3.63, 3.8) is 0 Å². The summed E-state index contributed by atoms with van der Waals surface area (Å²) in [4.78, 5) is 14.7. The summed E-state index contributed by atoms with van der Waals surface area (Å²) in [5.74, 6) is 0.700. The molecule has 1 amide bonds. The van der Waals surface area contributed by atoms with Crippen molar-refractivity contribution >= 4 is 11.6 Å². The number of anilines is 1. The molecule has 0 aromatic heterocycles. The summed E-state index contributed by atoms with van der Waals surface area (Å²) < 4.78 is 5.30. The third kappa shape index (κ3) is 3.99. The van der Waals surface area contributed by atoms with E-state index in [0.717, 1.165) is 18.5 Å². The van der Waals surface area contributed by atoms with E-state index in [1.54, 1.807) is 12.1 Å². The Balaban J connectivity index is 1.93. The Morgan fingerprint density at radius 1 is 1.32 bits per heavy atom. The van der Waals surface area contributed by atoms with Gasteiger partial charge in [-0.15, -0.1) is 0 Å². The van der Waals surface area contributed by atoms with Gasteiger partial charge in [0, 0.05) is 17.8 Å². The summed E-state index contributed by atoms with van der Waals surface area (Å²) in [6.07, 6.45) is 2.30. The summed E-state index contributed by atoms with van der Waals surface area (Å²) in [5.41, 5.74) is 0.757. The Hall–Kier alpha value is -1.59. The smallest absolute Gasteiger partial charge is 0.241 e. The standard InChI is InChI=1S/C17H26N2O3/c1-12-4-5-13(2)19(12)14(3)17(21)18-15-6-8-16(9-7-15)22-11-10-20/h6-9,12-14,20H,4-5,10-11H2,1-3H3,(H,18,21). The van der Waals surface area contributed by atoms with E-state index in [-0.39, 0.29) is 25.2 Å². The molecule has 0 saturated carbocycles. The fraction of sp³-hybridized carbons (Fsp3) is 0.588. The van der Waals surface area contributed by atoms with Crippen LogP contribution in [0.25, 0.3) is 0 Å². The maximum atomic E-state index is 12.4. The summed E-state index contributed by atoms with van der Waals surface area (Å²) in [6.45, 7) is 6.59. The lowest BCUT2D eigenvalue weighted by atomic mass is 10.2. The first-order chi connectivity index (χ1) is 10.5. The lowest BCUT2D eigenvalue weighted by Crippen LogP contribution is -2.46. The van der Waals surface area contributed by atoms with Crippen LogP contribution >= 0.6 is 0 Å². The monoisotopic (exact) mass is 306 g/mol. The largest absolute Gasteiger partial charge is 0.491 e. The minimum absolute atomic E-state index is 0.0117. The molecule has 2 N–H and O–H groups in total. The van der Waals surface area contributed by atoms with Gasteiger partial charge in [-0.1, -0.05) is 0 Å². The molecule has 122 valence electrons. The number of benzene rings is 1. The van der Waals surface area contributed by atoms with Crippen molar-refractivity contribution in [3.05, 3.63) is 24.3 Å². The summed E-state index contributed by atoms with van der Waals surface area (Å²) in [7, 11) is 0. The number of likely N-dealkylation sites (tertiary alicyclic amines) is 1. The number of amides is 1. The highest BCUT2D eigenvalue weighted by Gasteiger charge is 2.34. The summed E-state index contributed by atoms with van der Waals surface area (Å²) in [5, 5.41) is 11.7. The highest BCUT2D eigenvalue weighted by molar-refractivity contribution is 5.94. The molecule has 22 heavy (non-hydrogen) atoms. The van der Waals surface area contributed by atoms with Crippen LogP contribution in [0.3, 0.4) is 0 Å². The topological polar surface area (TPSA) is 61.8 Å². The number of aliphatic hydroxyl groups is 1. The molecule has 0 bridgehead atoms. The van der Waals surface area contributed by atoms with Gasteiger partial charge in [0.05, 0.1) is 12.6 Å². The van der Waals surface area contributed by atoms with Crippen LogP contribution < -0.4 is 10.1 Å². The van der Waals surface area contributed by atoms with E-state index in [1.807, 2.05) is 19.1 Å². The minimum Gasteiger partial charge on any atom is -0.491 e. The predicted octanol–water partition coefficient (Wildman–Crippen LogP) is 2.26. The molecule has 1 aliphatic rings. The molecular weight excluding hydrogens is 280 g/mol. The molecule has 5 heteroatoms. The number of nitrogens with zero attached hydrogens (tertiary/aromatic N) is 1. The number of ether oxygens (including phenoxy) is 1. The number of hydrogen-bond acceptors (Lipinski definition) is 4. The highest BCUT2D eigenvalue weighted by Crippen LogP contribution is 2.26. The second-order valence-electron chi connectivity index (χ2n) is 5.98. The molecule has 1 saturated heterocycles. The SMILES string of the molecule is CC1CCC(C)N1C(C)C(=O)Nc1ccc(OCCO)cc1. The Bertz CT molecular complexity index is 479. The molecule has 3 atom stereocenters. The zero-order valence-electron chi connectivity index (χ0n) is 13.6. The van der Waals surface area contributed by atoms with Crippen molar-refractivity contribution < 1.29 is 14.6 Å². The maximum absolute atomic E-state index is 12.4. The molecule has 1 heterocycles. The Morgan fingerprint density at radius 2 is 1.91 bits per heavy atom. The van der Waals surface area contributed by atoms with E-state index in [1.165, 1.54) is 0 Å². The Labute approximate surface area is 132 Å². The molecule has 0 spiro atoms. The van der Waals surface area contributed by atoms with Gasteiger partial charge < -0.3 is 15.2 Å². The van der Waals surface area contributed by atoms with Crippen LogP contribution in [-0.2, 0) is 4.79 Å². The van der Waals surface area contributed by atoms with E-state index in [9.17, 15) is 4.79 Å². The summed E-state index contributed by atoms with van der Waals surface area (Å²) in [6, 6.07) is 7.96. The van der Waals surface area contributed by atoms with Crippen LogP contribution in [0.1, 0.15) is 33.6 Å². The average molecular weight is 306 g/mol. The van der Waals surface area contributed by atoms with Gasteiger partial charge in [0.2, 0.25) is 5.91 Å². The number of carbonyl (C=O) groups is 1. The normalized spacial score (nSPS) is 23.3. The lowest BCUT2D eigenvalue weighted by Gasteiger charge is -2.31.